The normalized spacial score (nSPS) is 13.8. The predicted molar refractivity (Wildman–Crippen MR) is 157 cm³/mol. The molecule has 0 aliphatic rings. The third kappa shape index (κ3) is 8.49. The van der Waals surface area contributed by atoms with E-state index in [0.717, 1.165) is 11.5 Å². The Hall–Kier alpha value is -1.57. The van der Waals surface area contributed by atoms with Gasteiger partial charge in [-0.3, -0.25) is 4.52 Å². The Balaban J connectivity index is 2.49. The zero-order chi connectivity index (χ0) is 27.9. The summed E-state index contributed by atoms with van der Waals surface area (Å²) < 4.78 is 19.2. The molecule has 0 aliphatic carbocycles. The molecule has 0 aliphatic heterocycles. The van der Waals surface area contributed by atoms with E-state index in [1.54, 1.807) is 0 Å². The van der Waals surface area contributed by atoms with Crippen molar-refractivity contribution in [3.05, 3.63) is 58.7 Å². The molecule has 0 saturated heterocycles. The Morgan fingerprint density at radius 2 is 0.750 bits per heavy atom. The molecular formula is C32H51O3P. The molecule has 0 fully saturated rings. The SMILES string of the molecule is CC(C)(C)OP(Oc1ccc(C(C)(C)C)c(C(C)(C)C)c1)Oc1ccc(C(C)(C)C)c(C(C)(C)C)c1. The fourth-order valence-electron chi connectivity index (χ4n) is 4.16. The van der Waals surface area contributed by atoms with Gasteiger partial charge in [-0.05, 0) is 89.0 Å². The summed E-state index contributed by atoms with van der Waals surface area (Å²) in [6, 6.07) is 12.8. The first kappa shape index (κ1) is 30.7. The van der Waals surface area contributed by atoms with E-state index in [4.69, 9.17) is 13.6 Å². The summed E-state index contributed by atoms with van der Waals surface area (Å²) in [5, 5.41) is 0. The molecular weight excluding hydrogens is 463 g/mol. The summed E-state index contributed by atoms with van der Waals surface area (Å²) in [6.45, 7) is 33.1. The molecule has 0 saturated carbocycles. The van der Waals surface area contributed by atoms with Crippen molar-refractivity contribution in [2.45, 2.75) is 131 Å². The highest BCUT2D eigenvalue weighted by Crippen LogP contribution is 2.47. The van der Waals surface area contributed by atoms with Gasteiger partial charge in [0.05, 0.1) is 5.60 Å². The maximum Gasteiger partial charge on any atom is 0.463 e. The Labute approximate surface area is 223 Å². The van der Waals surface area contributed by atoms with E-state index in [0.29, 0.717) is 0 Å². The largest absolute Gasteiger partial charge is 0.463 e. The standard InChI is InChI=1S/C32H51O3P/c1-28(2,3)24-18-16-22(20-26(24)30(7,8)9)33-36(35-32(13,14)15)34-23-17-19-25(29(4,5)6)27(21-23)31(10,11)12/h16-21H,1-15H3. The minimum absolute atomic E-state index is 0.0130. The molecule has 0 radical (unpaired) electrons. The summed E-state index contributed by atoms with van der Waals surface area (Å²) in [4.78, 5) is 0. The van der Waals surface area contributed by atoms with Gasteiger partial charge in [-0.25, -0.2) is 0 Å². The van der Waals surface area contributed by atoms with Gasteiger partial charge in [0.2, 0.25) is 0 Å². The molecule has 3 nitrogen and oxygen atoms in total. The van der Waals surface area contributed by atoms with Crippen molar-refractivity contribution in [2.75, 3.05) is 0 Å². The van der Waals surface area contributed by atoms with Crippen molar-refractivity contribution in [3.8, 4) is 11.5 Å². The molecule has 36 heavy (non-hydrogen) atoms. The second-order valence-corrected chi connectivity index (χ2v) is 16.0. The molecule has 0 N–H and O–H groups in total. The van der Waals surface area contributed by atoms with Crippen molar-refractivity contribution < 1.29 is 13.6 Å². The summed E-state index contributed by atoms with van der Waals surface area (Å²) in [5.41, 5.74) is 4.87. The van der Waals surface area contributed by atoms with Gasteiger partial charge in [-0.1, -0.05) is 95.2 Å². The monoisotopic (exact) mass is 514 g/mol. The molecule has 4 heteroatoms. The quantitative estimate of drug-likeness (QED) is 0.371. The number of hydrogen-bond acceptors (Lipinski definition) is 3. The topological polar surface area (TPSA) is 27.7 Å². The molecule has 0 spiro atoms. The molecule has 0 aromatic heterocycles. The van der Waals surface area contributed by atoms with Gasteiger partial charge in [0.1, 0.15) is 11.5 Å². The second kappa shape index (κ2) is 10.3. The van der Waals surface area contributed by atoms with Gasteiger partial charge in [0.15, 0.2) is 0 Å². The molecule has 0 atom stereocenters. The van der Waals surface area contributed by atoms with Crippen LogP contribution < -0.4 is 9.05 Å². The Morgan fingerprint density at radius 3 is 1.00 bits per heavy atom. The van der Waals surface area contributed by atoms with E-state index in [1.165, 1.54) is 22.3 Å². The number of benzene rings is 2. The lowest BCUT2D eigenvalue weighted by molar-refractivity contribution is 0.115. The average molecular weight is 515 g/mol. The van der Waals surface area contributed by atoms with Gasteiger partial charge < -0.3 is 9.05 Å². The highest BCUT2D eigenvalue weighted by molar-refractivity contribution is 7.42. The van der Waals surface area contributed by atoms with E-state index >= 15 is 0 Å². The van der Waals surface area contributed by atoms with Crippen LogP contribution in [0, 0.1) is 0 Å². The first-order valence-electron chi connectivity index (χ1n) is 13.1. The van der Waals surface area contributed by atoms with Crippen LogP contribution in [0.3, 0.4) is 0 Å². The fourth-order valence-corrected chi connectivity index (χ4v) is 5.29. The van der Waals surface area contributed by atoms with Crippen LogP contribution >= 0.6 is 8.60 Å². The summed E-state index contributed by atoms with van der Waals surface area (Å²) >= 11 is 0. The Kier molecular flexibility index (Phi) is 8.77. The summed E-state index contributed by atoms with van der Waals surface area (Å²) in [5.74, 6) is 1.54. The molecule has 0 heterocycles. The van der Waals surface area contributed by atoms with Crippen LogP contribution in [0.2, 0.25) is 0 Å². The lowest BCUT2D eigenvalue weighted by Gasteiger charge is -2.32. The Morgan fingerprint density at radius 1 is 0.444 bits per heavy atom. The van der Waals surface area contributed by atoms with Crippen molar-refractivity contribution in [1.82, 2.24) is 0 Å². The molecule has 2 aromatic rings. The maximum atomic E-state index is 6.44. The van der Waals surface area contributed by atoms with Gasteiger partial charge in [0.25, 0.3) is 0 Å². The van der Waals surface area contributed by atoms with Crippen molar-refractivity contribution >= 4 is 8.60 Å². The van der Waals surface area contributed by atoms with Crippen LogP contribution in [-0.2, 0) is 26.2 Å². The van der Waals surface area contributed by atoms with Crippen LogP contribution in [0.5, 0.6) is 11.5 Å². The summed E-state index contributed by atoms with van der Waals surface area (Å²) in [6.07, 6.45) is 0. The minimum atomic E-state index is -1.67. The van der Waals surface area contributed by atoms with E-state index < -0.39 is 14.2 Å². The van der Waals surface area contributed by atoms with Crippen LogP contribution in [-0.4, -0.2) is 5.60 Å². The van der Waals surface area contributed by atoms with E-state index in [-0.39, 0.29) is 21.7 Å². The van der Waals surface area contributed by atoms with E-state index in [2.05, 4.69) is 107 Å². The number of rotatable bonds is 5. The first-order chi connectivity index (χ1) is 16.0. The predicted octanol–water partition coefficient (Wildman–Crippen LogP) is 10.4. The van der Waals surface area contributed by atoms with Gasteiger partial charge in [-0.2, -0.15) is 0 Å². The van der Waals surface area contributed by atoms with E-state index in [9.17, 15) is 0 Å². The van der Waals surface area contributed by atoms with Gasteiger partial charge >= 0.3 is 8.60 Å². The molecule has 0 amide bonds. The smallest absolute Gasteiger partial charge is 0.418 e. The van der Waals surface area contributed by atoms with Crippen molar-refractivity contribution in [3.63, 3.8) is 0 Å². The highest BCUT2D eigenvalue weighted by Gasteiger charge is 2.30. The second-order valence-electron chi connectivity index (χ2n) is 15.0. The highest BCUT2D eigenvalue weighted by atomic mass is 31.2. The molecule has 202 valence electrons. The molecule has 2 rings (SSSR count). The van der Waals surface area contributed by atoms with Gasteiger partial charge in [-0.15, -0.1) is 0 Å². The van der Waals surface area contributed by atoms with E-state index in [1.807, 2.05) is 32.9 Å². The van der Waals surface area contributed by atoms with Crippen LogP contribution in [0.1, 0.15) is 126 Å². The molecule has 2 aromatic carbocycles. The van der Waals surface area contributed by atoms with Gasteiger partial charge in [0, 0.05) is 0 Å². The molecule has 0 bridgehead atoms. The van der Waals surface area contributed by atoms with Crippen molar-refractivity contribution in [2.24, 2.45) is 0 Å². The van der Waals surface area contributed by atoms with Crippen LogP contribution in [0.15, 0.2) is 36.4 Å². The maximum absolute atomic E-state index is 6.44. The lowest BCUT2D eigenvalue weighted by Crippen LogP contribution is -2.22. The van der Waals surface area contributed by atoms with Crippen molar-refractivity contribution in [1.29, 1.82) is 0 Å². The first-order valence-corrected chi connectivity index (χ1v) is 14.2. The molecule has 0 unspecified atom stereocenters. The average Bonchev–Trinajstić information content (AvgIpc) is 2.63. The number of hydrogen-bond donors (Lipinski definition) is 0. The summed E-state index contributed by atoms with van der Waals surface area (Å²) in [7, 11) is -1.67. The third-order valence-corrected chi connectivity index (χ3v) is 7.34. The fraction of sp³-hybridized carbons (Fsp3) is 0.625. The Bertz CT molecular complexity index is 958. The minimum Gasteiger partial charge on any atom is -0.418 e. The van der Waals surface area contributed by atoms with Crippen LogP contribution in [0.4, 0.5) is 0 Å². The lowest BCUT2D eigenvalue weighted by atomic mass is 9.75. The zero-order valence-corrected chi connectivity index (χ0v) is 26.5. The zero-order valence-electron chi connectivity index (χ0n) is 25.6. The third-order valence-electron chi connectivity index (χ3n) is 5.92. The van der Waals surface area contributed by atoms with Crippen LogP contribution in [0.25, 0.3) is 0 Å².